The van der Waals surface area contributed by atoms with Crippen molar-refractivity contribution >= 4 is 66.4 Å². The molecule has 3 aromatic heterocycles. The molecule has 54 heavy (non-hydrogen) atoms. The van der Waals surface area contributed by atoms with Crippen molar-refractivity contribution in [3.63, 3.8) is 0 Å². The third-order valence-corrected chi connectivity index (χ3v) is 10.7. The Bertz CT molecular complexity index is 2720. The summed E-state index contributed by atoms with van der Waals surface area (Å²) < 4.78 is 2.25. The third kappa shape index (κ3) is 5.87. The first kappa shape index (κ1) is 33.8. The summed E-state index contributed by atoms with van der Waals surface area (Å²) in [5.74, 6) is 0.875. The Labute approximate surface area is 333 Å². The zero-order chi connectivity index (χ0) is 35.1. The molecular formula is C48H31N4PtS-3. The smallest absolute Gasteiger partial charge is 0.136 e. The minimum absolute atomic E-state index is 0. The number of pyridine rings is 1. The van der Waals surface area contributed by atoms with Crippen molar-refractivity contribution in [2.45, 2.75) is 0 Å². The number of benzene rings is 6. The Hall–Kier alpha value is -6.00. The van der Waals surface area contributed by atoms with E-state index < -0.39 is 0 Å². The van der Waals surface area contributed by atoms with Gasteiger partial charge in [-0.05, 0) is 69.4 Å². The first-order valence-electron chi connectivity index (χ1n) is 17.6. The molecule has 9 aromatic rings. The van der Waals surface area contributed by atoms with Gasteiger partial charge in [0.15, 0.2) is 0 Å². The quantitative estimate of drug-likeness (QED) is 0.118. The van der Waals surface area contributed by atoms with Crippen LogP contribution in [0.5, 0.6) is 0 Å². The Balaban J connectivity index is 0.00000384. The van der Waals surface area contributed by atoms with E-state index in [1.807, 2.05) is 18.3 Å². The van der Waals surface area contributed by atoms with E-state index in [1.54, 1.807) is 11.3 Å². The van der Waals surface area contributed by atoms with Gasteiger partial charge < -0.3 is 14.4 Å². The van der Waals surface area contributed by atoms with Crippen LogP contribution in [0.15, 0.2) is 181 Å². The van der Waals surface area contributed by atoms with Crippen molar-refractivity contribution in [3.8, 4) is 5.82 Å². The Morgan fingerprint density at radius 1 is 0.537 bits per heavy atom. The molecule has 0 amide bonds. The van der Waals surface area contributed by atoms with Crippen LogP contribution in [0.3, 0.4) is 0 Å². The number of nitrogens with zero attached hydrogens (tertiary/aromatic N) is 4. The number of para-hydroxylation sites is 3. The van der Waals surface area contributed by atoms with Gasteiger partial charge in [0, 0.05) is 44.3 Å². The second-order valence-electron chi connectivity index (χ2n) is 12.9. The second-order valence-corrected chi connectivity index (χ2v) is 13.8. The zero-order valence-electron chi connectivity index (χ0n) is 28.9. The Kier molecular flexibility index (Phi) is 9.04. The fourth-order valence-electron chi connectivity index (χ4n) is 7.43. The number of thiophene rings is 1. The van der Waals surface area contributed by atoms with Crippen molar-refractivity contribution in [2.24, 2.45) is 0 Å². The molecule has 0 bridgehead atoms. The zero-order valence-corrected chi connectivity index (χ0v) is 32.0. The molecule has 0 aliphatic carbocycles. The van der Waals surface area contributed by atoms with E-state index >= 15 is 0 Å². The summed E-state index contributed by atoms with van der Waals surface area (Å²) in [6.07, 6.45) is 1.85. The van der Waals surface area contributed by atoms with Gasteiger partial charge >= 0.3 is 0 Å². The fraction of sp³-hybridized carbons (Fsp3) is 0. The maximum absolute atomic E-state index is 4.78. The first-order valence-corrected chi connectivity index (χ1v) is 18.5. The molecule has 0 spiro atoms. The molecule has 4 heterocycles. The summed E-state index contributed by atoms with van der Waals surface area (Å²) in [6.45, 7) is 2.17. The van der Waals surface area contributed by atoms with Gasteiger partial charge in [0.25, 0.3) is 0 Å². The molecule has 0 radical (unpaired) electrons. The first-order chi connectivity index (χ1) is 26.3. The van der Waals surface area contributed by atoms with Crippen molar-refractivity contribution < 1.29 is 21.1 Å². The summed E-state index contributed by atoms with van der Waals surface area (Å²) in [6, 6.07) is 67.4. The number of hydrogen-bond donors (Lipinski definition) is 0. The van der Waals surface area contributed by atoms with Crippen LogP contribution in [-0.4, -0.2) is 9.55 Å². The Morgan fingerprint density at radius 2 is 1.19 bits per heavy atom. The number of anilines is 4. The summed E-state index contributed by atoms with van der Waals surface area (Å²) in [5, 5.41) is 4.51. The summed E-state index contributed by atoms with van der Waals surface area (Å²) in [4.78, 5) is 10.4. The molecule has 0 fully saturated rings. The normalized spacial score (nSPS) is 12.1. The van der Waals surface area contributed by atoms with Crippen LogP contribution in [-0.2, 0) is 21.1 Å². The van der Waals surface area contributed by atoms with Crippen LogP contribution < -0.4 is 9.80 Å². The van der Waals surface area contributed by atoms with Gasteiger partial charge in [-0.3, -0.25) is 0 Å². The van der Waals surface area contributed by atoms with Gasteiger partial charge in [0.05, 0.1) is 4.83 Å². The van der Waals surface area contributed by atoms with E-state index in [-0.39, 0.29) is 21.1 Å². The van der Waals surface area contributed by atoms with Crippen molar-refractivity contribution in [1.29, 1.82) is 0 Å². The van der Waals surface area contributed by atoms with Gasteiger partial charge in [-0.1, -0.05) is 114 Å². The van der Waals surface area contributed by atoms with E-state index in [2.05, 4.69) is 196 Å². The maximum atomic E-state index is 4.78. The van der Waals surface area contributed by atoms with Gasteiger partial charge in [0.2, 0.25) is 0 Å². The van der Waals surface area contributed by atoms with Crippen LogP contribution in [0.4, 0.5) is 22.7 Å². The SMILES string of the molecule is [Pt].[c-]1c(C(=C(c2ccccc2)c2ccccc2)c2[c-]c3c(cc2)c2ccsc2n3-c2ccccn2)cccc1N1[CH-]N(c2ccccc2)c2ccccc21. The molecule has 0 unspecified atom stereocenters. The number of hydrogen-bond acceptors (Lipinski definition) is 4. The molecule has 6 aromatic carbocycles. The molecule has 4 nitrogen and oxygen atoms in total. The van der Waals surface area contributed by atoms with Crippen LogP contribution in [0.25, 0.3) is 38.1 Å². The van der Waals surface area contributed by atoms with Gasteiger partial charge in [0.1, 0.15) is 5.82 Å². The second kappa shape index (κ2) is 14.4. The topological polar surface area (TPSA) is 24.3 Å². The third-order valence-electron chi connectivity index (χ3n) is 9.78. The molecule has 10 rings (SSSR count). The van der Waals surface area contributed by atoms with E-state index in [4.69, 9.17) is 4.98 Å². The summed E-state index contributed by atoms with van der Waals surface area (Å²) in [5.41, 5.74) is 11.6. The number of fused-ring (bicyclic) bond motifs is 4. The number of rotatable bonds is 7. The fourth-order valence-corrected chi connectivity index (χ4v) is 8.36. The molecule has 6 heteroatoms. The molecule has 0 N–H and O–H groups in total. The minimum atomic E-state index is 0. The van der Waals surface area contributed by atoms with Gasteiger partial charge in [-0.25, -0.2) is 4.98 Å². The largest absolute Gasteiger partial charge is 0.488 e. The molecule has 0 saturated heterocycles. The average molecular weight is 891 g/mol. The van der Waals surface area contributed by atoms with Crippen molar-refractivity contribution in [3.05, 3.63) is 222 Å². The van der Waals surface area contributed by atoms with Crippen LogP contribution >= 0.6 is 11.3 Å². The monoisotopic (exact) mass is 890 g/mol. The van der Waals surface area contributed by atoms with E-state index in [0.29, 0.717) is 0 Å². The van der Waals surface area contributed by atoms with Crippen LogP contribution in [0.1, 0.15) is 22.3 Å². The van der Waals surface area contributed by atoms with Crippen molar-refractivity contribution in [2.75, 3.05) is 9.80 Å². The number of aromatic nitrogens is 2. The molecular weight excluding hydrogens is 860 g/mol. The molecule has 0 saturated carbocycles. The van der Waals surface area contributed by atoms with E-state index in [9.17, 15) is 0 Å². The minimum Gasteiger partial charge on any atom is -0.488 e. The average Bonchev–Trinajstić information content (AvgIpc) is 3.94. The van der Waals surface area contributed by atoms with Crippen molar-refractivity contribution in [1.82, 2.24) is 9.55 Å². The molecule has 1 aliphatic heterocycles. The van der Waals surface area contributed by atoms with E-state index in [0.717, 1.165) is 77.7 Å². The van der Waals surface area contributed by atoms with Gasteiger partial charge in [-0.2, -0.15) is 0 Å². The van der Waals surface area contributed by atoms with Crippen LogP contribution in [0, 0.1) is 18.8 Å². The maximum Gasteiger partial charge on any atom is 0.136 e. The standard InChI is InChI=1S/C48H31N4S.Pt/c1-4-15-34(16-5-1)46(35-17-6-2-7-18-35)47(37-26-27-40-41-28-30-53-48(41)52(44(40)32-37)45-25-12-13-29-49-45)36-19-14-22-39(31-36)51-33-50(38-20-8-3-9-21-38)42-23-10-11-24-43(42)51;/h1-30,33H;/q-3;. The molecule has 0 atom stereocenters. The summed E-state index contributed by atoms with van der Waals surface area (Å²) in [7, 11) is 0. The predicted octanol–water partition coefficient (Wildman–Crippen LogP) is 12.3. The Morgan fingerprint density at radius 3 is 1.89 bits per heavy atom. The summed E-state index contributed by atoms with van der Waals surface area (Å²) >= 11 is 1.73. The van der Waals surface area contributed by atoms with E-state index in [1.165, 1.54) is 5.39 Å². The molecule has 1 aliphatic rings. The predicted molar refractivity (Wildman–Crippen MR) is 220 cm³/mol. The molecule has 262 valence electrons. The van der Waals surface area contributed by atoms with Gasteiger partial charge in [-0.15, -0.1) is 77.2 Å². The van der Waals surface area contributed by atoms with Crippen LogP contribution in [0.2, 0.25) is 0 Å².